The van der Waals surface area contributed by atoms with Gasteiger partial charge in [-0.25, -0.2) is 4.98 Å². The van der Waals surface area contributed by atoms with Gasteiger partial charge in [-0.15, -0.1) is 11.3 Å². The summed E-state index contributed by atoms with van der Waals surface area (Å²) in [4.78, 5) is 28.6. The van der Waals surface area contributed by atoms with Crippen LogP contribution in [0.4, 0.5) is 5.13 Å². The molecule has 0 aliphatic carbocycles. The van der Waals surface area contributed by atoms with Gasteiger partial charge in [0.1, 0.15) is 0 Å². The molecule has 1 N–H and O–H groups in total. The fraction of sp³-hybridized carbons (Fsp3) is 0.190. The van der Waals surface area contributed by atoms with Gasteiger partial charge in [-0.3, -0.25) is 14.9 Å². The molecule has 0 bridgehead atoms. The van der Waals surface area contributed by atoms with E-state index in [-0.39, 0.29) is 18.3 Å². The van der Waals surface area contributed by atoms with E-state index >= 15 is 0 Å². The lowest BCUT2D eigenvalue weighted by molar-refractivity contribution is -0.142. The van der Waals surface area contributed by atoms with E-state index < -0.39 is 0 Å². The minimum atomic E-state index is -0.325. The summed E-state index contributed by atoms with van der Waals surface area (Å²) >= 11 is 1.29. The van der Waals surface area contributed by atoms with Gasteiger partial charge in [0.25, 0.3) is 5.91 Å². The largest absolute Gasteiger partial charge is 0.466 e. The molecule has 1 amide bonds. The van der Waals surface area contributed by atoms with Crippen LogP contribution in [-0.4, -0.2) is 23.5 Å². The zero-order chi connectivity index (χ0) is 19.1. The topological polar surface area (TPSA) is 68.3 Å². The van der Waals surface area contributed by atoms with Gasteiger partial charge in [0.15, 0.2) is 5.13 Å². The molecule has 138 valence electrons. The van der Waals surface area contributed by atoms with Crippen LogP contribution in [-0.2, 0) is 22.4 Å². The van der Waals surface area contributed by atoms with Crippen molar-refractivity contribution < 1.29 is 14.3 Å². The van der Waals surface area contributed by atoms with Crippen LogP contribution in [0.3, 0.4) is 0 Å². The first-order valence-electron chi connectivity index (χ1n) is 8.69. The molecule has 0 unspecified atom stereocenters. The normalized spacial score (nSPS) is 10.4. The smallest absolute Gasteiger partial charge is 0.311 e. The maximum Gasteiger partial charge on any atom is 0.311 e. The summed E-state index contributed by atoms with van der Waals surface area (Å²) in [5.41, 5.74) is 3.29. The van der Waals surface area contributed by atoms with Crippen LogP contribution < -0.4 is 5.32 Å². The van der Waals surface area contributed by atoms with Gasteiger partial charge < -0.3 is 4.74 Å². The van der Waals surface area contributed by atoms with E-state index in [9.17, 15) is 9.59 Å². The number of rotatable bonds is 7. The first kappa shape index (κ1) is 18.8. The number of hydrogen-bond acceptors (Lipinski definition) is 5. The van der Waals surface area contributed by atoms with Gasteiger partial charge in [0, 0.05) is 10.9 Å². The van der Waals surface area contributed by atoms with Crippen LogP contribution in [0, 0.1) is 0 Å². The second kappa shape index (κ2) is 9.09. The van der Waals surface area contributed by atoms with Crippen LogP contribution in [0.1, 0.15) is 34.1 Å². The van der Waals surface area contributed by atoms with Crippen molar-refractivity contribution in [2.24, 2.45) is 0 Å². The number of anilines is 1. The van der Waals surface area contributed by atoms with E-state index in [1.54, 1.807) is 18.4 Å². The molecule has 27 heavy (non-hydrogen) atoms. The third-order valence-corrected chi connectivity index (χ3v) is 4.71. The van der Waals surface area contributed by atoms with Crippen molar-refractivity contribution in [2.75, 3.05) is 11.9 Å². The van der Waals surface area contributed by atoms with E-state index in [0.29, 0.717) is 29.4 Å². The molecule has 5 nitrogen and oxygen atoms in total. The fourth-order valence-electron chi connectivity index (χ4n) is 2.68. The maximum absolute atomic E-state index is 12.7. The Balaban J connectivity index is 1.70. The van der Waals surface area contributed by atoms with Crippen LogP contribution in [0.5, 0.6) is 0 Å². The Morgan fingerprint density at radius 1 is 1.07 bits per heavy atom. The van der Waals surface area contributed by atoms with Crippen LogP contribution in [0.15, 0.2) is 60.0 Å². The van der Waals surface area contributed by atoms with Gasteiger partial charge in [0.05, 0.1) is 18.7 Å². The minimum Gasteiger partial charge on any atom is -0.466 e. The van der Waals surface area contributed by atoms with Gasteiger partial charge in [-0.1, -0.05) is 48.5 Å². The summed E-state index contributed by atoms with van der Waals surface area (Å²) in [6.07, 6.45) is 0.779. The molecule has 0 aliphatic rings. The lowest BCUT2D eigenvalue weighted by Gasteiger charge is -2.09. The number of aromatic nitrogens is 1. The number of benzene rings is 2. The quantitative estimate of drug-likeness (QED) is 0.627. The third kappa shape index (κ3) is 5.24. The highest BCUT2D eigenvalue weighted by Crippen LogP contribution is 2.20. The number of hydrogen-bond donors (Lipinski definition) is 1. The minimum absolute atomic E-state index is 0.102. The highest BCUT2D eigenvalue weighted by molar-refractivity contribution is 7.14. The van der Waals surface area contributed by atoms with Gasteiger partial charge >= 0.3 is 5.97 Å². The molecule has 3 aromatic rings. The Bertz CT molecular complexity index is 922. The molecule has 0 saturated heterocycles. The van der Waals surface area contributed by atoms with Crippen molar-refractivity contribution in [3.05, 3.63) is 82.4 Å². The average molecular weight is 380 g/mol. The van der Waals surface area contributed by atoms with Crippen molar-refractivity contribution in [2.45, 2.75) is 19.8 Å². The molecule has 3 rings (SSSR count). The summed E-state index contributed by atoms with van der Waals surface area (Å²) in [5.74, 6) is -0.535. The Morgan fingerprint density at radius 2 is 1.81 bits per heavy atom. The first-order valence-corrected chi connectivity index (χ1v) is 9.57. The number of ether oxygens (including phenoxy) is 1. The van der Waals surface area contributed by atoms with Crippen LogP contribution in [0.2, 0.25) is 0 Å². The fourth-order valence-corrected chi connectivity index (χ4v) is 3.39. The monoisotopic (exact) mass is 380 g/mol. The van der Waals surface area contributed by atoms with Crippen molar-refractivity contribution >= 4 is 28.3 Å². The zero-order valence-electron chi connectivity index (χ0n) is 15.0. The second-order valence-corrected chi connectivity index (χ2v) is 6.76. The summed E-state index contributed by atoms with van der Waals surface area (Å²) in [5, 5.41) is 5.05. The molecule has 0 aliphatic heterocycles. The van der Waals surface area contributed by atoms with E-state index in [2.05, 4.69) is 10.3 Å². The van der Waals surface area contributed by atoms with Crippen molar-refractivity contribution in [1.29, 1.82) is 0 Å². The molecule has 0 saturated carbocycles. The summed E-state index contributed by atoms with van der Waals surface area (Å²) in [7, 11) is 0. The van der Waals surface area contributed by atoms with Gasteiger partial charge in [0.2, 0.25) is 0 Å². The summed E-state index contributed by atoms with van der Waals surface area (Å²) in [6.45, 7) is 2.10. The standard InChI is InChI=1S/C21H20N2O3S/c1-2-26-19(24)13-17-14-27-21(22-17)23-20(25)18-11-7-6-10-16(18)12-15-8-4-3-5-9-15/h3-11,14H,2,12-13H2,1H3,(H,22,23,25). The van der Waals surface area contributed by atoms with E-state index in [1.807, 2.05) is 48.5 Å². The molecule has 0 radical (unpaired) electrons. The molecule has 0 atom stereocenters. The zero-order valence-corrected chi connectivity index (χ0v) is 15.8. The van der Waals surface area contributed by atoms with Crippen molar-refractivity contribution in [3.63, 3.8) is 0 Å². The number of amides is 1. The SMILES string of the molecule is CCOC(=O)Cc1csc(NC(=O)c2ccccc2Cc2ccccc2)n1. The molecule has 2 aromatic carbocycles. The third-order valence-electron chi connectivity index (χ3n) is 3.90. The molecule has 0 fully saturated rings. The number of esters is 1. The molecule has 1 heterocycles. The van der Waals surface area contributed by atoms with Crippen molar-refractivity contribution in [3.8, 4) is 0 Å². The lowest BCUT2D eigenvalue weighted by Crippen LogP contribution is -2.14. The number of thiazole rings is 1. The molecule has 1 aromatic heterocycles. The number of carbonyl (C=O) groups excluding carboxylic acids is 2. The van der Waals surface area contributed by atoms with Gasteiger partial charge in [-0.2, -0.15) is 0 Å². The average Bonchev–Trinajstić information content (AvgIpc) is 3.10. The highest BCUT2D eigenvalue weighted by atomic mass is 32.1. The van der Waals surface area contributed by atoms with Crippen molar-refractivity contribution in [1.82, 2.24) is 4.98 Å². The van der Waals surface area contributed by atoms with E-state index in [0.717, 1.165) is 11.1 Å². The Morgan fingerprint density at radius 3 is 2.59 bits per heavy atom. The molecule has 0 spiro atoms. The molecule has 6 heteroatoms. The summed E-state index contributed by atoms with van der Waals surface area (Å²) in [6, 6.07) is 17.5. The highest BCUT2D eigenvalue weighted by Gasteiger charge is 2.14. The summed E-state index contributed by atoms with van der Waals surface area (Å²) < 4.78 is 4.92. The van der Waals surface area contributed by atoms with Crippen LogP contribution in [0.25, 0.3) is 0 Å². The lowest BCUT2D eigenvalue weighted by atomic mass is 9.99. The number of carbonyl (C=O) groups is 2. The predicted molar refractivity (Wildman–Crippen MR) is 106 cm³/mol. The van der Waals surface area contributed by atoms with Crippen LogP contribution >= 0.6 is 11.3 Å². The second-order valence-electron chi connectivity index (χ2n) is 5.90. The Labute approximate surface area is 162 Å². The number of nitrogens with zero attached hydrogens (tertiary/aromatic N) is 1. The van der Waals surface area contributed by atoms with Gasteiger partial charge in [-0.05, 0) is 30.5 Å². The van der Waals surface area contributed by atoms with E-state index in [1.165, 1.54) is 11.3 Å². The first-order chi connectivity index (χ1) is 13.2. The number of nitrogens with one attached hydrogen (secondary N) is 1. The Hall–Kier alpha value is -2.99. The Kier molecular flexibility index (Phi) is 6.33. The molecular weight excluding hydrogens is 360 g/mol. The maximum atomic E-state index is 12.7. The molecular formula is C21H20N2O3S. The predicted octanol–water partition coefficient (Wildman–Crippen LogP) is 4.09. The van der Waals surface area contributed by atoms with E-state index in [4.69, 9.17) is 4.74 Å².